The molecule has 0 aliphatic rings. The maximum Gasteiger partial charge on any atom is 0.143 e. The Bertz CT molecular complexity index is 355. The van der Waals surface area contributed by atoms with Gasteiger partial charge in [-0.15, -0.1) is 0 Å². The third-order valence-corrected chi connectivity index (χ3v) is 3.89. The Balaban J connectivity index is 2.96. The lowest BCUT2D eigenvalue weighted by Crippen LogP contribution is -2.25. The molecule has 0 amide bonds. The molecule has 1 aromatic carbocycles. The number of hydrogen-bond acceptors (Lipinski definition) is 1. The maximum atomic E-state index is 12.6. The lowest BCUT2D eigenvalue weighted by Gasteiger charge is -2.25. The average Bonchev–Trinajstić information content (AvgIpc) is 2.40. The highest BCUT2D eigenvalue weighted by Crippen LogP contribution is 2.31. The third-order valence-electron chi connectivity index (χ3n) is 3.89. The molecule has 0 radical (unpaired) electrons. The van der Waals surface area contributed by atoms with Crippen LogP contribution in [0.5, 0.6) is 0 Å². The molecule has 1 heteroatoms. The van der Waals surface area contributed by atoms with E-state index in [0.717, 1.165) is 19.3 Å². The molecule has 0 fully saturated rings. The van der Waals surface area contributed by atoms with Crippen LogP contribution in [0.4, 0.5) is 0 Å². The van der Waals surface area contributed by atoms with Crippen LogP contribution in [0.25, 0.3) is 0 Å². The Labute approximate surface area is 112 Å². The fourth-order valence-electron chi connectivity index (χ4n) is 2.55. The van der Waals surface area contributed by atoms with E-state index in [1.807, 2.05) is 18.2 Å². The van der Waals surface area contributed by atoms with Crippen molar-refractivity contribution in [1.82, 2.24) is 0 Å². The van der Waals surface area contributed by atoms with Crippen LogP contribution in [0, 0.1) is 11.8 Å². The van der Waals surface area contributed by atoms with E-state index in [4.69, 9.17) is 0 Å². The standard InChI is InChI=1S/C17H26O/c1-5-10-14(4)17(18)16(13(3)6-2)15-11-8-7-9-12-15/h7-9,11-14,16H,5-6,10H2,1-4H3. The van der Waals surface area contributed by atoms with E-state index in [2.05, 4.69) is 39.8 Å². The molecular weight excluding hydrogens is 220 g/mol. The molecule has 1 aromatic rings. The van der Waals surface area contributed by atoms with Crippen LogP contribution >= 0.6 is 0 Å². The van der Waals surface area contributed by atoms with Gasteiger partial charge in [0.05, 0.1) is 0 Å². The van der Waals surface area contributed by atoms with Gasteiger partial charge in [-0.25, -0.2) is 0 Å². The Hall–Kier alpha value is -1.11. The largest absolute Gasteiger partial charge is 0.299 e. The molecule has 0 N–H and O–H groups in total. The highest BCUT2D eigenvalue weighted by Gasteiger charge is 2.28. The van der Waals surface area contributed by atoms with Crippen molar-refractivity contribution in [2.24, 2.45) is 11.8 Å². The Morgan fingerprint density at radius 2 is 1.72 bits per heavy atom. The minimum Gasteiger partial charge on any atom is -0.299 e. The molecule has 0 saturated heterocycles. The van der Waals surface area contributed by atoms with Crippen LogP contribution < -0.4 is 0 Å². The number of Topliss-reactive ketones (excluding diaryl/α,β-unsaturated/α-hetero) is 1. The van der Waals surface area contributed by atoms with Crippen LogP contribution in [0.2, 0.25) is 0 Å². The normalized spacial score (nSPS) is 16.0. The maximum absolute atomic E-state index is 12.6. The third kappa shape index (κ3) is 3.69. The first-order valence-electron chi connectivity index (χ1n) is 7.20. The highest BCUT2D eigenvalue weighted by atomic mass is 16.1. The van der Waals surface area contributed by atoms with Crippen molar-refractivity contribution in [2.45, 2.75) is 52.9 Å². The van der Waals surface area contributed by atoms with E-state index in [0.29, 0.717) is 11.7 Å². The minimum atomic E-state index is 0.0674. The van der Waals surface area contributed by atoms with Crippen molar-refractivity contribution in [2.75, 3.05) is 0 Å². The molecule has 0 heterocycles. The van der Waals surface area contributed by atoms with Crippen molar-refractivity contribution in [3.8, 4) is 0 Å². The first-order valence-corrected chi connectivity index (χ1v) is 7.20. The summed E-state index contributed by atoms with van der Waals surface area (Å²) < 4.78 is 0. The Kier molecular flexibility index (Phi) is 6.11. The van der Waals surface area contributed by atoms with Crippen molar-refractivity contribution in [3.63, 3.8) is 0 Å². The summed E-state index contributed by atoms with van der Waals surface area (Å²) in [7, 11) is 0. The van der Waals surface area contributed by atoms with Gasteiger partial charge in [0.15, 0.2) is 0 Å². The number of carbonyl (C=O) groups is 1. The van der Waals surface area contributed by atoms with E-state index in [1.54, 1.807) is 0 Å². The zero-order valence-corrected chi connectivity index (χ0v) is 12.1. The number of carbonyl (C=O) groups excluding carboxylic acids is 1. The van der Waals surface area contributed by atoms with Crippen LogP contribution in [-0.2, 0) is 4.79 Å². The second-order valence-corrected chi connectivity index (χ2v) is 5.37. The summed E-state index contributed by atoms with van der Waals surface area (Å²) >= 11 is 0. The van der Waals surface area contributed by atoms with Gasteiger partial charge in [-0.1, -0.05) is 70.9 Å². The zero-order valence-electron chi connectivity index (χ0n) is 12.1. The van der Waals surface area contributed by atoms with Gasteiger partial charge >= 0.3 is 0 Å². The lowest BCUT2D eigenvalue weighted by atomic mass is 9.78. The quantitative estimate of drug-likeness (QED) is 0.674. The first kappa shape index (κ1) is 14.9. The van der Waals surface area contributed by atoms with E-state index in [1.165, 1.54) is 5.56 Å². The molecule has 0 bridgehead atoms. The molecule has 100 valence electrons. The van der Waals surface area contributed by atoms with Crippen molar-refractivity contribution < 1.29 is 4.79 Å². The Morgan fingerprint density at radius 1 is 1.11 bits per heavy atom. The predicted octanol–water partition coefficient (Wildman–Crippen LogP) is 4.82. The number of ketones is 1. The van der Waals surface area contributed by atoms with Crippen molar-refractivity contribution in [1.29, 1.82) is 0 Å². The van der Waals surface area contributed by atoms with Crippen molar-refractivity contribution >= 4 is 5.78 Å². The van der Waals surface area contributed by atoms with Crippen LogP contribution in [0.3, 0.4) is 0 Å². The average molecular weight is 246 g/mol. The van der Waals surface area contributed by atoms with Crippen LogP contribution in [0.1, 0.15) is 58.4 Å². The lowest BCUT2D eigenvalue weighted by molar-refractivity contribution is -0.125. The molecule has 18 heavy (non-hydrogen) atoms. The smallest absolute Gasteiger partial charge is 0.143 e. The number of hydrogen-bond donors (Lipinski definition) is 0. The summed E-state index contributed by atoms with van der Waals surface area (Å²) in [5.74, 6) is 1.07. The summed E-state index contributed by atoms with van der Waals surface area (Å²) in [6.07, 6.45) is 3.12. The SMILES string of the molecule is CCCC(C)C(=O)C(c1ccccc1)C(C)CC. The molecular formula is C17H26O. The monoisotopic (exact) mass is 246 g/mol. The molecule has 0 saturated carbocycles. The molecule has 3 atom stereocenters. The topological polar surface area (TPSA) is 17.1 Å². The molecule has 1 nitrogen and oxygen atoms in total. The van der Waals surface area contributed by atoms with Gasteiger partial charge in [0.2, 0.25) is 0 Å². The molecule has 0 aliphatic heterocycles. The fraction of sp³-hybridized carbons (Fsp3) is 0.588. The Morgan fingerprint density at radius 3 is 2.22 bits per heavy atom. The molecule has 0 aliphatic carbocycles. The number of rotatable bonds is 7. The van der Waals surface area contributed by atoms with Gasteiger partial charge < -0.3 is 0 Å². The summed E-state index contributed by atoms with van der Waals surface area (Å²) in [5, 5.41) is 0. The molecule has 0 spiro atoms. The van der Waals surface area contributed by atoms with Crippen LogP contribution in [0.15, 0.2) is 30.3 Å². The summed E-state index contributed by atoms with van der Waals surface area (Å²) in [5.41, 5.74) is 1.18. The summed E-state index contributed by atoms with van der Waals surface area (Å²) in [6.45, 7) is 8.57. The van der Waals surface area contributed by atoms with E-state index in [-0.39, 0.29) is 11.8 Å². The minimum absolute atomic E-state index is 0.0674. The van der Waals surface area contributed by atoms with Crippen LogP contribution in [-0.4, -0.2) is 5.78 Å². The molecule has 0 aromatic heterocycles. The van der Waals surface area contributed by atoms with Crippen molar-refractivity contribution in [3.05, 3.63) is 35.9 Å². The summed E-state index contributed by atoms with van der Waals surface area (Å²) in [4.78, 5) is 12.6. The molecule has 1 rings (SSSR count). The zero-order chi connectivity index (χ0) is 13.5. The predicted molar refractivity (Wildman–Crippen MR) is 77.7 cm³/mol. The number of benzene rings is 1. The van der Waals surface area contributed by atoms with Gasteiger partial charge in [-0.3, -0.25) is 4.79 Å². The van der Waals surface area contributed by atoms with Gasteiger partial charge in [-0.2, -0.15) is 0 Å². The van der Waals surface area contributed by atoms with Gasteiger partial charge in [0.25, 0.3) is 0 Å². The van der Waals surface area contributed by atoms with Gasteiger partial charge in [0.1, 0.15) is 5.78 Å². The van der Waals surface area contributed by atoms with E-state index < -0.39 is 0 Å². The fourth-order valence-corrected chi connectivity index (χ4v) is 2.55. The van der Waals surface area contributed by atoms with E-state index >= 15 is 0 Å². The second-order valence-electron chi connectivity index (χ2n) is 5.37. The first-order chi connectivity index (χ1) is 8.61. The summed E-state index contributed by atoms with van der Waals surface area (Å²) in [6, 6.07) is 10.3. The molecule has 3 unspecified atom stereocenters. The van der Waals surface area contributed by atoms with Gasteiger partial charge in [0, 0.05) is 11.8 Å². The van der Waals surface area contributed by atoms with E-state index in [9.17, 15) is 4.79 Å². The van der Waals surface area contributed by atoms with Gasteiger partial charge in [-0.05, 0) is 17.9 Å². The second kappa shape index (κ2) is 7.35. The highest BCUT2D eigenvalue weighted by molar-refractivity contribution is 5.87.